The molecule has 4 heterocycles. The van der Waals surface area contributed by atoms with Gasteiger partial charge in [0, 0.05) is 35.1 Å². The summed E-state index contributed by atoms with van der Waals surface area (Å²) >= 11 is 2.12. The molecule has 1 unspecified atom stereocenters. The maximum absolute atomic E-state index is 12.9. The van der Waals surface area contributed by atoms with Gasteiger partial charge in [-0.2, -0.15) is 8.78 Å². The minimum Gasteiger partial charge on any atom is -0.477 e. The number of nitrogens with two attached hydrogens (primary N) is 1. The van der Waals surface area contributed by atoms with Gasteiger partial charge in [0.05, 0.1) is 4.90 Å². The Morgan fingerprint density at radius 1 is 1.39 bits per heavy atom. The molecule has 18 heteroatoms. The van der Waals surface area contributed by atoms with E-state index in [2.05, 4.69) is 20.3 Å². The smallest absolute Gasteiger partial charge is 0.407 e. The Labute approximate surface area is 221 Å². The standard InChI is InChI=1S/C20H18F2N6O7S3/c1-38(33,34)10-2-4-27(5-3-10)6-9-7-36-17-13(16(30)28(17)14(9)18(31)32)25-15(29)12(26-35-19(21)22)11-8-37-20(23)24-11/h2-5,8,13,17,19H,6-7H2,1H3,(H3-,23,24,25,29,31,32)/p+1/t13?,17-/m0/s1. The van der Waals surface area contributed by atoms with Gasteiger partial charge in [0.25, 0.3) is 11.8 Å². The van der Waals surface area contributed by atoms with Crippen molar-refractivity contribution in [3.8, 4) is 0 Å². The normalized spacial score (nSPS) is 19.7. The zero-order chi connectivity index (χ0) is 27.8. The number of aromatic nitrogens is 2. The number of carboxylic acid groups (broad SMARTS) is 1. The number of nitrogens with one attached hydrogen (secondary N) is 1. The van der Waals surface area contributed by atoms with Gasteiger partial charge in [0.2, 0.25) is 0 Å². The van der Waals surface area contributed by atoms with Gasteiger partial charge in [0.1, 0.15) is 22.8 Å². The fourth-order valence-electron chi connectivity index (χ4n) is 3.72. The molecule has 202 valence electrons. The molecule has 2 aliphatic rings. The highest BCUT2D eigenvalue weighted by Crippen LogP contribution is 2.40. The summed E-state index contributed by atoms with van der Waals surface area (Å²) in [7, 11) is -3.41. The quantitative estimate of drug-likeness (QED) is 0.153. The lowest BCUT2D eigenvalue weighted by Crippen LogP contribution is -2.71. The first-order valence-electron chi connectivity index (χ1n) is 10.5. The van der Waals surface area contributed by atoms with Crippen molar-refractivity contribution >= 4 is 61.6 Å². The summed E-state index contributed by atoms with van der Waals surface area (Å²) in [5.74, 6) is -2.94. The third-order valence-electron chi connectivity index (χ3n) is 5.40. The second-order valence-corrected chi connectivity index (χ2v) is 12.0. The fraction of sp³-hybridized carbons (Fsp3) is 0.300. The van der Waals surface area contributed by atoms with E-state index in [9.17, 15) is 36.7 Å². The zero-order valence-electron chi connectivity index (χ0n) is 19.3. The van der Waals surface area contributed by atoms with Gasteiger partial charge in [-0.3, -0.25) is 14.5 Å². The van der Waals surface area contributed by atoms with E-state index in [-0.39, 0.29) is 33.7 Å². The molecular formula is C20H19F2N6O7S3+. The number of thiazole rings is 1. The van der Waals surface area contributed by atoms with E-state index in [4.69, 9.17) is 5.73 Å². The molecule has 0 aliphatic carbocycles. The van der Waals surface area contributed by atoms with Gasteiger partial charge in [-0.1, -0.05) is 5.16 Å². The van der Waals surface area contributed by atoms with Crippen LogP contribution in [0.15, 0.2) is 51.2 Å². The molecule has 0 saturated carbocycles. The number of oxime groups is 1. The van der Waals surface area contributed by atoms with Crippen LogP contribution in [0.25, 0.3) is 0 Å². The minimum atomic E-state index is -3.41. The monoisotopic (exact) mass is 589 g/mol. The van der Waals surface area contributed by atoms with Crippen molar-refractivity contribution in [2.75, 3.05) is 17.7 Å². The maximum Gasteiger partial charge on any atom is 0.407 e. The summed E-state index contributed by atoms with van der Waals surface area (Å²) in [6.07, 6.45) is 4.02. The Kier molecular flexibility index (Phi) is 7.65. The van der Waals surface area contributed by atoms with Crippen molar-refractivity contribution < 1.29 is 46.1 Å². The van der Waals surface area contributed by atoms with Gasteiger partial charge < -0.3 is 21.0 Å². The van der Waals surface area contributed by atoms with Gasteiger partial charge in [0.15, 0.2) is 39.6 Å². The van der Waals surface area contributed by atoms with Gasteiger partial charge in [-0.25, -0.2) is 22.8 Å². The predicted molar refractivity (Wildman–Crippen MR) is 130 cm³/mol. The molecule has 1 saturated heterocycles. The number of halogens is 2. The lowest BCUT2D eigenvalue weighted by atomic mass is 10.0. The van der Waals surface area contributed by atoms with Crippen molar-refractivity contribution in [1.82, 2.24) is 15.2 Å². The number of anilines is 1. The van der Waals surface area contributed by atoms with Crippen LogP contribution in [0, 0.1) is 0 Å². The number of nitrogens with zero attached hydrogens (tertiary/aromatic N) is 4. The maximum atomic E-state index is 12.9. The number of β-lactam (4-membered cyclic amide) rings is 1. The van der Waals surface area contributed by atoms with Crippen LogP contribution in [-0.4, -0.2) is 76.9 Å². The third-order valence-corrected chi connectivity index (χ3v) is 8.54. The highest BCUT2D eigenvalue weighted by atomic mass is 32.2. The van der Waals surface area contributed by atoms with Crippen molar-refractivity contribution in [3.63, 3.8) is 0 Å². The molecule has 0 aromatic carbocycles. The number of pyridine rings is 1. The number of hydrogen-bond donors (Lipinski definition) is 3. The summed E-state index contributed by atoms with van der Waals surface area (Å²) in [4.78, 5) is 46.7. The van der Waals surface area contributed by atoms with Crippen molar-refractivity contribution in [2.45, 2.75) is 29.5 Å². The molecule has 1 fully saturated rings. The summed E-state index contributed by atoms with van der Waals surface area (Å²) in [6, 6.07) is 1.59. The molecule has 4 rings (SSSR count). The number of rotatable bonds is 9. The Bertz CT molecular complexity index is 1460. The van der Waals surface area contributed by atoms with E-state index in [1.54, 1.807) is 4.57 Å². The molecule has 4 N–H and O–H groups in total. The molecular weight excluding hydrogens is 570 g/mol. The highest BCUT2D eigenvalue weighted by Gasteiger charge is 2.54. The molecule has 38 heavy (non-hydrogen) atoms. The van der Waals surface area contributed by atoms with Crippen LogP contribution in [0.5, 0.6) is 0 Å². The summed E-state index contributed by atoms with van der Waals surface area (Å²) < 4.78 is 50.0. The van der Waals surface area contributed by atoms with E-state index in [1.807, 2.05) is 0 Å². The van der Waals surface area contributed by atoms with Crippen LogP contribution in [0.4, 0.5) is 13.9 Å². The van der Waals surface area contributed by atoms with Gasteiger partial charge in [-0.05, 0) is 0 Å². The topological polar surface area (TPSA) is 185 Å². The van der Waals surface area contributed by atoms with E-state index >= 15 is 0 Å². The Morgan fingerprint density at radius 2 is 2.08 bits per heavy atom. The van der Waals surface area contributed by atoms with E-state index in [0.29, 0.717) is 5.57 Å². The number of carbonyl (C=O) groups is 3. The molecule has 0 bridgehead atoms. The first-order chi connectivity index (χ1) is 17.9. The van der Waals surface area contributed by atoms with Crippen LogP contribution in [0.1, 0.15) is 5.69 Å². The van der Waals surface area contributed by atoms with Crippen LogP contribution >= 0.6 is 23.1 Å². The number of thioether (sulfide) groups is 1. The number of fused-ring (bicyclic) bond motifs is 1. The number of carboxylic acids is 1. The number of carbonyl (C=O) groups excluding carboxylic acids is 2. The summed E-state index contributed by atoms with van der Waals surface area (Å²) in [5.41, 5.74) is 4.90. The molecule has 2 aromatic rings. The molecule has 0 radical (unpaired) electrons. The number of nitrogen functional groups attached to an aromatic ring is 1. The summed E-state index contributed by atoms with van der Waals surface area (Å²) in [5, 5.41) is 15.9. The van der Waals surface area contributed by atoms with Crippen molar-refractivity contribution in [3.05, 3.63) is 46.9 Å². The Morgan fingerprint density at radius 3 is 2.63 bits per heavy atom. The van der Waals surface area contributed by atoms with Gasteiger partial charge in [-0.15, -0.1) is 23.1 Å². The molecule has 2 amide bonds. The fourth-order valence-corrected chi connectivity index (χ4v) is 6.22. The first kappa shape index (κ1) is 27.4. The number of hydrogen-bond acceptors (Lipinski definition) is 11. The molecule has 13 nitrogen and oxygen atoms in total. The van der Waals surface area contributed by atoms with Crippen LogP contribution in [0.2, 0.25) is 0 Å². The lowest BCUT2D eigenvalue weighted by molar-refractivity contribution is -0.689. The molecule has 0 spiro atoms. The van der Waals surface area contributed by atoms with E-state index in [1.165, 1.54) is 41.7 Å². The minimum absolute atomic E-state index is 0.0406. The van der Waals surface area contributed by atoms with Gasteiger partial charge >= 0.3 is 12.6 Å². The average Bonchev–Trinajstić information content (AvgIpc) is 3.27. The summed E-state index contributed by atoms with van der Waals surface area (Å²) in [6.45, 7) is -3.25. The van der Waals surface area contributed by atoms with Crippen LogP contribution in [0.3, 0.4) is 0 Å². The average molecular weight is 590 g/mol. The zero-order valence-corrected chi connectivity index (χ0v) is 21.7. The van der Waals surface area contributed by atoms with E-state index in [0.717, 1.165) is 22.5 Å². The van der Waals surface area contributed by atoms with Crippen LogP contribution in [-0.2, 0) is 35.6 Å². The number of amides is 2. The number of sulfone groups is 1. The van der Waals surface area contributed by atoms with Crippen molar-refractivity contribution in [2.24, 2.45) is 5.16 Å². The van der Waals surface area contributed by atoms with Crippen LogP contribution < -0.4 is 15.6 Å². The number of alkyl halides is 2. The molecule has 2 atom stereocenters. The third kappa shape index (κ3) is 5.60. The lowest BCUT2D eigenvalue weighted by Gasteiger charge is -2.49. The second kappa shape index (κ2) is 10.6. The SMILES string of the molecule is CS(=O)(=O)c1cc[n+](CC2=C(C(=O)O)N3C(=O)C(NC(=O)C(=NOC(F)F)c4csc(N)n4)[C@@H]3SC2)cc1. The van der Waals surface area contributed by atoms with E-state index < -0.39 is 51.4 Å². The number of aliphatic carboxylic acids is 1. The second-order valence-electron chi connectivity index (χ2n) is 7.97. The Balaban J connectivity index is 1.53. The first-order valence-corrected chi connectivity index (χ1v) is 14.3. The largest absolute Gasteiger partial charge is 0.477 e. The highest BCUT2D eigenvalue weighted by molar-refractivity contribution is 8.00. The van der Waals surface area contributed by atoms with Crippen molar-refractivity contribution in [1.29, 1.82) is 0 Å². The predicted octanol–water partition coefficient (Wildman–Crippen LogP) is -0.202. The molecule has 2 aromatic heterocycles. The molecule has 2 aliphatic heterocycles. The Hall–Kier alpha value is -3.64.